The van der Waals surface area contributed by atoms with E-state index in [1.54, 1.807) is 12.4 Å². The molecule has 0 radical (unpaired) electrons. The van der Waals surface area contributed by atoms with Crippen LogP contribution >= 0.6 is 0 Å². The minimum absolute atomic E-state index is 0.0314. The van der Waals surface area contributed by atoms with Crippen molar-refractivity contribution >= 4 is 11.8 Å². The molecule has 3 heterocycles. The van der Waals surface area contributed by atoms with E-state index in [4.69, 9.17) is 0 Å². The molecule has 7 nitrogen and oxygen atoms in total. The number of hydrogen-bond acceptors (Lipinski definition) is 5. The van der Waals surface area contributed by atoms with Gasteiger partial charge < -0.3 is 16.0 Å². The summed E-state index contributed by atoms with van der Waals surface area (Å²) in [5.41, 5.74) is 0.990. The Morgan fingerprint density at radius 1 is 1.50 bits per heavy atom. The van der Waals surface area contributed by atoms with Crippen molar-refractivity contribution in [2.24, 2.45) is 0 Å². The Kier molecular flexibility index (Phi) is 5.42. The second-order valence-electron chi connectivity index (χ2n) is 6.53. The monoisotopic (exact) mass is 331 g/mol. The number of pyridine rings is 1. The summed E-state index contributed by atoms with van der Waals surface area (Å²) in [6, 6.07) is 4.08. The Labute approximate surface area is 142 Å². The van der Waals surface area contributed by atoms with E-state index in [-0.39, 0.29) is 29.9 Å². The van der Waals surface area contributed by atoms with Gasteiger partial charge in [0.25, 0.3) is 0 Å². The second-order valence-corrected chi connectivity index (χ2v) is 6.53. The lowest BCUT2D eigenvalue weighted by Crippen LogP contribution is -2.48. The van der Waals surface area contributed by atoms with E-state index in [1.807, 2.05) is 12.1 Å². The van der Waals surface area contributed by atoms with E-state index < -0.39 is 0 Å². The maximum absolute atomic E-state index is 12.1. The second kappa shape index (κ2) is 7.72. The van der Waals surface area contributed by atoms with E-state index in [1.165, 1.54) is 0 Å². The Morgan fingerprint density at radius 3 is 3.17 bits per heavy atom. The fraction of sp³-hybridized carbons (Fsp3) is 0.588. The molecule has 7 heteroatoms. The smallest absolute Gasteiger partial charge is 0.238 e. The molecular formula is C17H25N5O2. The molecule has 2 aliphatic rings. The van der Waals surface area contributed by atoms with Crippen molar-refractivity contribution in [3.63, 3.8) is 0 Å². The quantitative estimate of drug-likeness (QED) is 0.686. The van der Waals surface area contributed by atoms with Crippen LogP contribution in [0.2, 0.25) is 0 Å². The third kappa shape index (κ3) is 3.91. The van der Waals surface area contributed by atoms with Crippen LogP contribution in [0, 0.1) is 0 Å². The fourth-order valence-corrected chi connectivity index (χ4v) is 3.53. The lowest BCUT2D eigenvalue weighted by atomic mass is 10.0. The Morgan fingerprint density at radius 2 is 2.38 bits per heavy atom. The lowest BCUT2D eigenvalue weighted by molar-refractivity contribution is -0.123. The van der Waals surface area contributed by atoms with Gasteiger partial charge in [-0.05, 0) is 38.1 Å². The van der Waals surface area contributed by atoms with Crippen molar-refractivity contribution in [3.05, 3.63) is 30.1 Å². The number of aromatic nitrogens is 1. The minimum Gasteiger partial charge on any atom is -0.353 e. The van der Waals surface area contributed by atoms with Crippen LogP contribution < -0.4 is 16.0 Å². The number of carbonyl (C=O) groups excluding carboxylic acids is 2. The highest BCUT2D eigenvalue weighted by Crippen LogP contribution is 2.21. The zero-order valence-electron chi connectivity index (χ0n) is 14.0. The maximum atomic E-state index is 12.1. The molecule has 0 aromatic carbocycles. The molecule has 3 unspecified atom stereocenters. The summed E-state index contributed by atoms with van der Waals surface area (Å²) in [6.07, 6.45) is 5.63. The summed E-state index contributed by atoms with van der Waals surface area (Å²) in [5.74, 6) is 0.108. The zero-order valence-corrected chi connectivity index (χ0v) is 14.0. The van der Waals surface area contributed by atoms with Gasteiger partial charge in [-0.15, -0.1) is 0 Å². The van der Waals surface area contributed by atoms with E-state index in [0.29, 0.717) is 19.5 Å². The van der Waals surface area contributed by atoms with Crippen LogP contribution in [0.4, 0.5) is 0 Å². The SMILES string of the molecule is CN1C(CCC(=O)NCc2cccnc2)CNC(=O)C2NCCC21. The first-order chi connectivity index (χ1) is 11.6. The number of hydrogen-bond donors (Lipinski definition) is 3. The molecule has 2 aliphatic heterocycles. The van der Waals surface area contributed by atoms with Gasteiger partial charge in [0.2, 0.25) is 11.8 Å². The largest absolute Gasteiger partial charge is 0.353 e. The number of nitrogens with zero attached hydrogens (tertiary/aromatic N) is 2. The van der Waals surface area contributed by atoms with Crippen LogP contribution in [0.1, 0.15) is 24.8 Å². The molecule has 2 fully saturated rings. The molecule has 1 aromatic heterocycles. The molecule has 1 aromatic rings. The summed E-state index contributed by atoms with van der Waals surface area (Å²) < 4.78 is 0. The summed E-state index contributed by atoms with van der Waals surface area (Å²) in [5, 5.41) is 9.19. The fourth-order valence-electron chi connectivity index (χ4n) is 3.53. The first-order valence-electron chi connectivity index (χ1n) is 8.54. The Hall–Kier alpha value is -1.99. The van der Waals surface area contributed by atoms with E-state index >= 15 is 0 Å². The number of fused-ring (bicyclic) bond motifs is 1. The van der Waals surface area contributed by atoms with Gasteiger partial charge in [-0.1, -0.05) is 6.07 Å². The highest BCUT2D eigenvalue weighted by atomic mass is 16.2. The lowest BCUT2D eigenvalue weighted by Gasteiger charge is -2.31. The molecule has 24 heavy (non-hydrogen) atoms. The van der Waals surface area contributed by atoms with Crippen molar-refractivity contribution in [1.29, 1.82) is 0 Å². The number of rotatable bonds is 5. The first kappa shape index (κ1) is 16.9. The first-order valence-corrected chi connectivity index (χ1v) is 8.54. The van der Waals surface area contributed by atoms with Gasteiger partial charge in [-0.2, -0.15) is 0 Å². The maximum Gasteiger partial charge on any atom is 0.238 e. The normalized spacial score (nSPS) is 27.2. The van der Waals surface area contributed by atoms with Crippen LogP contribution in [-0.4, -0.2) is 60.0 Å². The Balaban J connectivity index is 1.48. The molecule has 3 N–H and O–H groups in total. The molecule has 2 saturated heterocycles. The molecule has 0 bridgehead atoms. The van der Waals surface area contributed by atoms with Gasteiger partial charge in [0, 0.05) is 44.0 Å². The number of carbonyl (C=O) groups is 2. The van der Waals surface area contributed by atoms with Crippen LogP contribution in [0.3, 0.4) is 0 Å². The summed E-state index contributed by atoms with van der Waals surface area (Å²) in [6.45, 7) is 1.96. The van der Waals surface area contributed by atoms with Crippen LogP contribution in [-0.2, 0) is 16.1 Å². The van der Waals surface area contributed by atoms with Gasteiger partial charge >= 0.3 is 0 Å². The highest BCUT2D eigenvalue weighted by molar-refractivity contribution is 5.83. The molecular weight excluding hydrogens is 306 g/mol. The van der Waals surface area contributed by atoms with Gasteiger partial charge in [-0.25, -0.2) is 0 Å². The van der Waals surface area contributed by atoms with E-state index in [2.05, 4.69) is 32.9 Å². The van der Waals surface area contributed by atoms with Crippen molar-refractivity contribution < 1.29 is 9.59 Å². The molecule has 2 amide bonds. The van der Waals surface area contributed by atoms with Gasteiger partial charge in [0.15, 0.2) is 0 Å². The molecule has 3 rings (SSSR count). The molecule has 3 atom stereocenters. The molecule has 130 valence electrons. The van der Waals surface area contributed by atoms with Crippen molar-refractivity contribution in [2.75, 3.05) is 20.1 Å². The topological polar surface area (TPSA) is 86.4 Å². The predicted molar refractivity (Wildman–Crippen MR) is 90.1 cm³/mol. The van der Waals surface area contributed by atoms with Crippen molar-refractivity contribution in [1.82, 2.24) is 25.8 Å². The predicted octanol–water partition coefficient (Wildman–Crippen LogP) is -0.361. The van der Waals surface area contributed by atoms with Crippen molar-refractivity contribution in [2.45, 2.75) is 43.9 Å². The molecule has 0 saturated carbocycles. The number of amides is 2. The summed E-state index contributed by atoms with van der Waals surface area (Å²) >= 11 is 0. The van der Waals surface area contributed by atoms with Crippen LogP contribution in [0.15, 0.2) is 24.5 Å². The number of likely N-dealkylation sites (N-methyl/N-ethyl adjacent to an activating group) is 1. The Bertz CT molecular complexity index is 580. The van der Waals surface area contributed by atoms with Gasteiger partial charge in [0.05, 0.1) is 0 Å². The average Bonchev–Trinajstić information content (AvgIpc) is 3.06. The van der Waals surface area contributed by atoms with E-state index in [9.17, 15) is 9.59 Å². The summed E-state index contributed by atoms with van der Waals surface area (Å²) in [4.78, 5) is 30.5. The van der Waals surface area contributed by atoms with Gasteiger partial charge in [0.1, 0.15) is 6.04 Å². The van der Waals surface area contributed by atoms with Gasteiger partial charge in [-0.3, -0.25) is 19.5 Å². The summed E-state index contributed by atoms with van der Waals surface area (Å²) in [7, 11) is 2.06. The molecule has 0 spiro atoms. The standard InChI is InChI=1S/C17H25N5O2/c1-22-13(11-21-17(24)16-14(22)6-8-19-16)4-5-15(23)20-10-12-3-2-7-18-9-12/h2-3,7,9,13-14,16,19H,4-6,8,10-11H2,1H3,(H,20,23)(H,21,24). The number of nitrogens with one attached hydrogen (secondary N) is 3. The molecule has 0 aliphatic carbocycles. The van der Waals surface area contributed by atoms with Crippen LogP contribution in [0.25, 0.3) is 0 Å². The average molecular weight is 331 g/mol. The zero-order chi connectivity index (χ0) is 16.9. The van der Waals surface area contributed by atoms with E-state index in [0.717, 1.165) is 24.9 Å². The minimum atomic E-state index is -0.126. The van der Waals surface area contributed by atoms with Crippen molar-refractivity contribution in [3.8, 4) is 0 Å². The van der Waals surface area contributed by atoms with Crippen LogP contribution in [0.5, 0.6) is 0 Å². The third-order valence-electron chi connectivity index (χ3n) is 5.00. The third-order valence-corrected chi connectivity index (χ3v) is 5.00. The highest BCUT2D eigenvalue weighted by Gasteiger charge is 2.40.